The van der Waals surface area contributed by atoms with Crippen LogP contribution in [0.1, 0.15) is 0 Å². The van der Waals surface area contributed by atoms with Crippen LogP contribution in [0.15, 0.2) is 47.4 Å². The summed E-state index contributed by atoms with van der Waals surface area (Å²) in [5, 5.41) is 5.84. The van der Waals surface area contributed by atoms with Crippen LogP contribution in [0.4, 0.5) is 5.88 Å². The van der Waals surface area contributed by atoms with Gasteiger partial charge in [-0.2, -0.15) is 0 Å². The molecule has 3 aromatic rings. The molecule has 0 fully saturated rings. The van der Waals surface area contributed by atoms with Crippen molar-refractivity contribution in [1.82, 2.24) is 10.1 Å². The third-order valence-electron chi connectivity index (χ3n) is 2.57. The topological polar surface area (TPSA) is 64.9 Å². The van der Waals surface area contributed by atoms with Gasteiger partial charge in [0.1, 0.15) is 0 Å². The fraction of sp³-hybridized carbons (Fsp3) is 0. The Morgan fingerprint density at radius 2 is 2.00 bits per heavy atom. The molecule has 0 saturated carbocycles. The molecule has 0 atom stereocenters. The molecule has 0 amide bonds. The summed E-state index contributed by atoms with van der Waals surface area (Å²) >= 11 is 0. The third-order valence-corrected chi connectivity index (χ3v) is 2.57. The number of benzene rings is 1. The van der Waals surface area contributed by atoms with Crippen molar-refractivity contribution >= 4 is 16.7 Å². The number of nitrogens with zero attached hydrogens (tertiary/aromatic N) is 2. The molecule has 2 N–H and O–H groups in total. The summed E-state index contributed by atoms with van der Waals surface area (Å²) in [5.74, 6) is 0.330. The molecule has 2 aromatic heterocycles. The van der Waals surface area contributed by atoms with Crippen LogP contribution in [0, 0.1) is 0 Å². The second-order valence-electron chi connectivity index (χ2n) is 3.51. The number of aromatic nitrogens is 2. The fourth-order valence-electron chi connectivity index (χ4n) is 1.80. The maximum absolute atomic E-state index is 5.71. The molecular formula is C12H9N3O. The first kappa shape index (κ1) is 8.91. The zero-order chi connectivity index (χ0) is 11.0. The Kier molecular flexibility index (Phi) is 1.86. The first-order valence-corrected chi connectivity index (χ1v) is 4.89. The summed E-state index contributed by atoms with van der Waals surface area (Å²) < 4.78 is 4.88. The molecule has 0 aliphatic heterocycles. The number of pyridine rings is 1. The zero-order valence-electron chi connectivity index (χ0n) is 8.42. The van der Waals surface area contributed by atoms with Crippen molar-refractivity contribution in [3.63, 3.8) is 0 Å². The highest BCUT2D eigenvalue weighted by atomic mass is 16.5. The van der Waals surface area contributed by atoms with Crippen molar-refractivity contribution in [1.29, 1.82) is 0 Å². The van der Waals surface area contributed by atoms with Gasteiger partial charge < -0.3 is 10.3 Å². The Morgan fingerprint density at radius 3 is 2.81 bits per heavy atom. The second kappa shape index (κ2) is 3.34. The van der Waals surface area contributed by atoms with E-state index in [1.54, 1.807) is 12.4 Å². The number of anilines is 1. The van der Waals surface area contributed by atoms with Crippen molar-refractivity contribution in [2.45, 2.75) is 0 Å². The molecule has 4 nitrogen and oxygen atoms in total. The van der Waals surface area contributed by atoms with Gasteiger partial charge in [0.2, 0.25) is 5.88 Å². The smallest absolute Gasteiger partial charge is 0.229 e. The van der Waals surface area contributed by atoms with E-state index < -0.39 is 0 Å². The Bertz CT molecular complexity index is 640. The number of fused-ring (bicyclic) bond motifs is 1. The van der Waals surface area contributed by atoms with Gasteiger partial charge in [0, 0.05) is 17.8 Å². The summed E-state index contributed by atoms with van der Waals surface area (Å²) in [4.78, 5) is 4.12. The maximum atomic E-state index is 5.71. The Balaban J connectivity index is 2.36. The minimum absolute atomic E-state index is 0.330. The molecule has 0 aliphatic carbocycles. The summed E-state index contributed by atoms with van der Waals surface area (Å²) in [5.41, 5.74) is 7.51. The molecule has 0 unspecified atom stereocenters. The lowest BCUT2D eigenvalue weighted by molar-refractivity contribution is 0.436. The molecule has 0 saturated heterocycles. The van der Waals surface area contributed by atoms with E-state index >= 15 is 0 Å². The highest BCUT2D eigenvalue weighted by Gasteiger charge is 2.09. The van der Waals surface area contributed by atoms with Gasteiger partial charge in [0.25, 0.3) is 0 Å². The molecule has 1 aromatic carbocycles. The SMILES string of the molecule is Nc1oncc1-c1cccc2ccncc12. The van der Waals surface area contributed by atoms with E-state index in [9.17, 15) is 0 Å². The van der Waals surface area contributed by atoms with E-state index in [0.717, 1.165) is 21.9 Å². The van der Waals surface area contributed by atoms with Gasteiger partial charge in [-0.05, 0) is 17.0 Å². The van der Waals surface area contributed by atoms with Gasteiger partial charge in [0.05, 0.1) is 11.8 Å². The van der Waals surface area contributed by atoms with Gasteiger partial charge in [-0.15, -0.1) is 0 Å². The van der Waals surface area contributed by atoms with E-state index in [1.807, 2.05) is 30.5 Å². The zero-order valence-corrected chi connectivity index (χ0v) is 8.42. The Labute approximate surface area is 91.7 Å². The van der Waals surface area contributed by atoms with Gasteiger partial charge in [-0.1, -0.05) is 23.4 Å². The molecule has 0 radical (unpaired) electrons. The van der Waals surface area contributed by atoms with Gasteiger partial charge in [-0.3, -0.25) is 4.98 Å². The monoisotopic (exact) mass is 211 g/mol. The molecule has 0 aliphatic rings. The summed E-state index contributed by atoms with van der Waals surface area (Å²) in [6, 6.07) is 7.95. The van der Waals surface area contributed by atoms with E-state index in [1.165, 1.54) is 0 Å². The first-order valence-electron chi connectivity index (χ1n) is 4.89. The maximum Gasteiger partial charge on any atom is 0.229 e. The molecule has 0 bridgehead atoms. The lowest BCUT2D eigenvalue weighted by Gasteiger charge is -2.03. The minimum Gasteiger partial charge on any atom is -0.367 e. The normalized spacial score (nSPS) is 10.8. The van der Waals surface area contributed by atoms with Crippen LogP contribution in [-0.2, 0) is 0 Å². The second-order valence-corrected chi connectivity index (χ2v) is 3.51. The summed E-state index contributed by atoms with van der Waals surface area (Å²) in [6.07, 6.45) is 5.21. The fourth-order valence-corrected chi connectivity index (χ4v) is 1.80. The number of hydrogen-bond donors (Lipinski definition) is 1. The van der Waals surface area contributed by atoms with Crippen LogP contribution in [0.5, 0.6) is 0 Å². The van der Waals surface area contributed by atoms with E-state index in [0.29, 0.717) is 5.88 Å². The number of nitrogen functional groups attached to an aromatic ring is 1. The van der Waals surface area contributed by atoms with Crippen molar-refractivity contribution in [3.8, 4) is 11.1 Å². The number of nitrogens with two attached hydrogens (primary N) is 1. The standard InChI is InChI=1S/C12H9N3O/c13-12-11(7-15-16-12)9-3-1-2-8-4-5-14-6-10(8)9/h1-7H,13H2. The molecule has 16 heavy (non-hydrogen) atoms. The van der Waals surface area contributed by atoms with Crippen LogP contribution in [0.25, 0.3) is 21.9 Å². The van der Waals surface area contributed by atoms with Crippen LogP contribution < -0.4 is 5.73 Å². The highest BCUT2D eigenvalue weighted by molar-refractivity contribution is 5.97. The molecule has 2 heterocycles. The number of hydrogen-bond acceptors (Lipinski definition) is 4. The van der Waals surface area contributed by atoms with Crippen LogP contribution in [0.2, 0.25) is 0 Å². The quantitative estimate of drug-likeness (QED) is 0.671. The van der Waals surface area contributed by atoms with E-state index in [2.05, 4.69) is 10.1 Å². The Morgan fingerprint density at radius 1 is 1.06 bits per heavy atom. The van der Waals surface area contributed by atoms with Crippen molar-refractivity contribution in [2.24, 2.45) is 0 Å². The minimum atomic E-state index is 0.330. The van der Waals surface area contributed by atoms with Crippen LogP contribution in [0.3, 0.4) is 0 Å². The largest absolute Gasteiger partial charge is 0.367 e. The van der Waals surface area contributed by atoms with Crippen molar-refractivity contribution < 1.29 is 4.52 Å². The number of rotatable bonds is 1. The predicted molar refractivity (Wildman–Crippen MR) is 61.7 cm³/mol. The molecule has 0 spiro atoms. The first-order chi connectivity index (χ1) is 7.86. The third kappa shape index (κ3) is 1.24. The predicted octanol–water partition coefficient (Wildman–Crippen LogP) is 2.47. The molecule has 3 rings (SSSR count). The molecule has 78 valence electrons. The van der Waals surface area contributed by atoms with Gasteiger partial charge >= 0.3 is 0 Å². The molecular weight excluding hydrogens is 202 g/mol. The van der Waals surface area contributed by atoms with Gasteiger partial charge in [-0.25, -0.2) is 0 Å². The average Bonchev–Trinajstić information content (AvgIpc) is 2.75. The van der Waals surface area contributed by atoms with Gasteiger partial charge in [0.15, 0.2) is 0 Å². The Hall–Kier alpha value is -2.36. The lowest BCUT2D eigenvalue weighted by Crippen LogP contribution is -1.86. The highest BCUT2D eigenvalue weighted by Crippen LogP contribution is 2.31. The average molecular weight is 211 g/mol. The van der Waals surface area contributed by atoms with E-state index in [4.69, 9.17) is 10.3 Å². The molecule has 4 heteroatoms. The van der Waals surface area contributed by atoms with Crippen molar-refractivity contribution in [3.05, 3.63) is 42.9 Å². The lowest BCUT2D eigenvalue weighted by atomic mass is 10.0. The van der Waals surface area contributed by atoms with E-state index in [-0.39, 0.29) is 0 Å². The van der Waals surface area contributed by atoms with Crippen LogP contribution in [-0.4, -0.2) is 10.1 Å². The van der Waals surface area contributed by atoms with Crippen LogP contribution >= 0.6 is 0 Å². The van der Waals surface area contributed by atoms with Crippen molar-refractivity contribution in [2.75, 3.05) is 5.73 Å². The summed E-state index contributed by atoms with van der Waals surface area (Å²) in [6.45, 7) is 0. The summed E-state index contributed by atoms with van der Waals surface area (Å²) in [7, 11) is 0.